The molecule has 0 aromatic rings. The highest BCUT2D eigenvalue weighted by Crippen LogP contribution is 2.20. The second kappa shape index (κ2) is 30.4. The van der Waals surface area contributed by atoms with Crippen LogP contribution < -0.4 is 0 Å². The Hall–Kier alpha value is -1.10. The summed E-state index contributed by atoms with van der Waals surface area (Å²) in [6.07, 6.45) is 28.5. The molecule has 0 aromatic heterocycles. The van der Waals surface area contributed by atoms with E-state index >= 15 is 0 Å². The summed E-state index contributed by atoms with van der Waals surface area (Å²) >= 11 is 0. The van der Waals surface area contributed by atoms with Gasteiger partial charge in [-0.25, -0.2) is 0 Å². The number of carbonyl (C=O) groups is 2. The molecule has 0 N–H and O–H groups in total. The third-order valence-corrected chi connectivity index (χ3v) is 8.20. The van der Waals surface area contributed by atoms with Crippen LogP contribution in [0.1, 0.15) is 181 Å². The van der Waals surface area contributed by atoms with Crippen LogP contribution >= 0.6 is 0 Å². The van der Waals surface area contributed by atoms with Crippen LogP contribution in [-0.2, 0) is 19.1 Å². The van der Waals surface area contributed by atoms with Gasteiger partial charge in [0.25, 0.3) is 0 Å². The number of hydrogen-bond acceptors (Lipinski definition) is 5. The summed E-state index contributed by atoms with van der Waals surface area (Å²) in [7, 11) is 4.10. The Morgan fingerprint density at radius 2 is 1.05 bits per heavy atom. The highest BCUT2D eigenvalue weighted by molar-refractivity contribution is 5.72. The highest BCUT2D eigenvalue weighted by atomic mass is 16.6. The first-order chi connectivity index (χ1) is 19.9. The van der Waals surface area contributed by atoms with Gasteiger partial charge in [-0.15, -0.1) is 0 Å². The van der Waals surface area contributed by atoms with Gasteiger partial charge in [-0.3, -0.25) is 9.59 Å². The van der Waals surface area contributed by atoms with E-state index in [1.54, 1.807) is 0 Å². The minimum atomic E-state index is -0.320. The SMILES string of the molecule is CCCCCCCCCCCCCCC(COC(=O)C(CCC)CCCCCCCC)OC(=O)CCCCN(C)C. The number of ether oxygens (including phenoxy) is 2. The standard InChI is InChI=1S/C36H71NO4/c1-6-9-11-13-15-16-17-18-19-20-22-24-29-34(41-35(38)30-25-26-31-37(4)5)32-40-36(39)33(27-8-3)28-23-21-14-12-10-7-2/h33-34H,6-32H2,1-5H3. The first kappa shape index (κ1) is 39.9. The van der Waals surface area contributed by atoms with Gasteiger partial charge in [-0.05, 0) is 59.2 Å². The monoisotopic (exact) mass is 582 g/mol. The summed E-state index contributed by atoms with van der Waals surface area (Å²) in [5.74, 6) is -0.275. The molecule has 0 radical (unpaired) electrons. The molecule has 0 bridgehead atoms. The van der Waals surface area contributed by atoms with E-state index in [-0.39, 0.29) is 30.6 Å². The third-order valence-electron chi connectivity index (χ3n) is 8.20. The Morgan fingerprint density at radius 1 is 0.561 bits per heavy atom. The maximum atomic E-state index is 13.0. The number of hydrogen-bond donors (Lipinski definition) is 0. The molecule has 0 fully saturated rings. The van der Waals surface area contributed by atoms with E-state index in [0.717, 1.165) is 64.3 Å². The van der Waals surface area contributed by atoms with Crippen molar-refractivity contribution >= 4 is 11.9 Å². The maximum Gasteiger partial charge on any atom is 0.309 e. The highest BCUT2D eigenvalue weighted by Gasteiger charge is 2.22. The Morgan fingerprint density at radius 3 is 1.54 bits per heavy atom. The molecular formula is C36H71NO4. The molecule has 2 unspecified atom stereocenters. The molecule has 0 rings (SSSR count). The Labute approximate surface area is 256 Å². The van der Waals surface area contributed by atoms with E-state index < -0.39 is 0 Å². The van der Waals surface area contributed by atoms with Crippen molar-refractivity contribution in [1.29, 1.82) is 0 Å². The third kappa shape index (κ3) is 27.5. The summed E-state index contributed by atoms with van der Waals surface area (Å²) in [6.45, 7) is 7.83. The lowest BCUT2D eigenvalue weighted by molar-refractivity contribution is -0.162. The van der Waals surface area contributed by atoms with Crippen LogP contribution in [0.4, 0.5) is 0 Å². The van der Waals surface area contributed by atoms with Crippen LogP contribution in [0.2, 0.25) is 0 Å². The van der Waals surface area contributed by atoms with Crippen LogP contribution in [0.5, 0.6) is 0 Å². The Balaban J connectivity index is 4.50. The molecule has 2 atom stereocenters. The largest absolute Gasteiger partial charge is 0.462 e. The van der Waals surface area contributed by atoms with Crippen LogP contribution in [0, 0.1) is 5.92 Å². The van der Waals surface area contributed by atoms with Gasteiger partial charge in [0, 0.05) is 6.42 Å². The number of unbranched alkanes of at least 4 members (excludes halogenated alkanes) is 17. The average molecular weight is 582 g/mol. The summed E-state index contributed by atoms with van der Waals surface area (Å²) < 4.78 is 11.7. The van der Waals surface area contributed by atoms with Gasteiger partial charge in [0.2, 0.25) is 0 Å². The molecule has 0 saturated heterocycles. The fourth-order valence-electron chi connectivity index (χ4n) is 5.52. The summed E-state index contributed by atoms with van der Waals surface area (Å²) in [6, 6.07) is 0. The lowest BCUT2D eigenvalue weighted by Gasteiger charge is -2.21. The zero-order chi connectivity index (χ0) is 30.4. The molecule has 244 valence electrons. The van der Waals surface area contributed by atoms with Crippen LogP contribution in [-0.4, -0.2) is 50.2 Å². The van der Waals surface area contributed by atoms with Gasteiger partial charge < -0.3 is 14.4 Å². The van der Waals surface area contributed by atoms with E-state index in [1.807, 2.05) is 0 Å². The fourth-order valence-corrected chi connectivity index (χ4v) is 5.52. The first-order valence-corrected chi connectivity index (χ1v) is 17.9. The normalized spacial score (nSPS) is 12.9. The quantitative estimate of drug-likeness (QED) is 0.0602. The van der Waals surface area contributed by atoms with Crippen molar-refractivity contribution in [3.05, 3.63) is 0 Å². The lowest BCUT2D eigenvalue weighted by atomic mass is 9.96. The van der Waals surface area contributed by atoms with Gasteiger partial charge in [0.1, 0.15) is 12.7 Å². The first-order valence-electron chi connectivity index (χ1n) is 17.9. The van der Waals surface area contributed by atoms with Crippen molar-refractivity contribution in [2.24, 2.45) is 5.92 Å². The van der Waals surface area contributed by atoms with Crippen LogP contribution in [0.25, 0.3) is 0 Å². The van der Waals surface area contributed by atoms with Gasteiger partial charge in [0.15, 0.2) is 0 Å². The molecule has 0 aliphatic carbocycles. The summed E-state index contributed by atoms with van der Waals surface area (Å²) in [5, 5.41) is 0. The van der Waals surface area contributed by atoms with Crippen molar-refractivity contribution in [3.8, 4) is 0 Å². The predicted octanol–water partition coefficient (Wildman–Crippen LogP) is 10.4. The predicted molar refractivity (Wildman–Crippen MR) is 175 cm³/mol. The second-order valence-corrected chi connectivity index (χ2v) is 12.7. The average Bonchev–Trinajstić information content (AvgIpc) is 2.95. The van der Waals surface area contributed by atoms with Crippen molar-refractivity contribution in [2.45, 2.75) is 187 Å². The minimum Gasteiger partial charge on any atom is -0.462 e. The minimum absolute atomic E-state index is 0.0276. The molecule has 0 spiro atoms. The molecule has 5 heteroatoms. The molecule has 0 saturated carbocycles. The second-order valence-electron chi connectivity index (χ2n) is 12.7. The number of rotatable bonds is 31. The van der Waals surface area contributed by atoms with E-state index in [0.29, 0.717) is 6.42 Å². The van der Waals surface area contributed by atoms with E-state index in [4.69, 9.17) is 9.47 Å². The molecule has 5 nitrogen and oxygen atoms in total. The van der Waals surface area contributed by atoms with Crippen LogP contribution in [0.3, 0.4) is 0 Å². The van der Waals surface area contributed by atoms with Crippen molar-refractivity contribution in [3.63, 3.8) is 0 Å². The molecule has 0 heterocycles. The lowest BCUT2D eigenvalue weighted by Crippen LogP contribution is -2.28. The number of nitrogens with zero attached hydrogens (tertiary/aromatic N) is 1. The van der Waals surface area contributed by atoms with Crippen molar-refractivity contribution in [1.82, 2.24) is 4.90 Å². The fraction of sp³-hybridized carbons (Fsp3) is 0.944. The molecule has 41 heavy (non-hydrogen) atoms. The topological polar surface area (TPSA) is 55.8 Å². The van der Waals surface area contributed by atoms with Crippen molar-refractivity contribution in [2.75, 3.05) is 27.2 Å². The van der Waals surface area contributed by atoms with E-state index in [1.165, 1.54) is 96.3 Å². The number of esters is 2. The molecule has 0 aromatic carbocycles. The smallest absolute Gasteiger partial charge is 0.309 e. The molecule has 0 amide bonds. The summed E-state index contributed by atoms with van der Waals surface area (Å²) in [5.41, 5.74) is 0. The van der Waals surface area contributed by atoms with E-state index in [9.17, 15) is 9.59 Å². The zero-order valence-corrected chi connectivity index (χ0v) is 28.3. The van der Waals surface area contributed by atoms with Gasteiger partial charge in [-0.2, -0.15) is 0 Å². The molecule has 0 aliphatic heterocycles. The van der Waals surface area contributed by atoms with Crippen LogP contribution in [0.15, 0.2) is 0 Å². The Bertz CT molecular complexity index is 580. The van der Waals surface area contributed by atoms with Gasteiger partial charge in [0.05, 0.1) is 5.92 Å². The molecule has 0 aliphatic rings. The van der Waals surface area contributed by atoms with E-state index in [2.05, 4.69) is 39.8 Å². The zero-order valence-electron chi connectivity index (χ0n) is 28.3. The van der Waals surface area contributed by atoms with Gasteiger partial charge in [-0.1, -0.05) is 136 Å². The molecular weight excluding hydrogens is 510 g/mol. The van der Waals surface area contributed by atoms with Gasteiger partial charge >= 0.3 is 11.9 Å². The number of carbonyl (C=O) groups excluding carboxylic acids is 2. The maximum absolute atomic E-state index is 13.0. The van der Waals surface area contributed by atoms with Crippen molar-refractivity contribution < 1.29 is 19.1 Å². The Kier molecular flexibility index (Phi) is 29.5. The summed E-state index contributed by atoms with van der Waals surface area (Å²) in [4.78, 5) is 27.7.